The summed E-state index contributed by atoms with van der Waals surface area (Å²) in [6, 6.07) is 4.46. The van der Waals surface area contributed by atoms with Crippen molar-refractivity contribution in [1.29, 1.82) is 0 Å². The lowest BCUT2D eigenvalue weighted by atomic mass is 10.2. The van der Waals surface area contributed by atoms with Gasteiger partial charge in [0.15, 0.2) is 0 Å². The lowest BCUT2D eigenvalue weighted by molar-refractivity contribution is 0.238. The van der Waals surface area contributed by atoms with E-state index in [0.717, 1.165) is 12.0 Å². The maximum Gasteiger partial charge on any atom is 0.125 e. The standard InChI is InChI=1S/C11H15ClFNO/c1-2-11(7-15)14-6-8-3-9(12)5-10(13)4-8/h3-5,11,14-15H,2,6-7H2,1H3/t11-/m0/s1. The maximum absolute atomic E-state index is 13.0. The molecule has 0 unspecified atom stereocenters. The Hall–Kier alpha value is -0.640. The molecule has 1 aromatic rings. The summed E-state index contributed by atoms with van der Waals surface area (Å²) in [4.78, 5) is 0. The molecule has 84 valence electrons. The lowest BCUT2D eigenvalue weighted by Gasteiger charge is -2.13. The van der Waals surface area contributed by atoms with E-state index in [1.165, 1.54) is 12.1 Å². The first kappa shape index (κ1) is 12.4. The van der Waals surface area contributed by atoms with Gasteiger partial charge in [0.2, 0.25) is 0 Å². The van der Waals surface area contributed by atoms with Crippen LogP contribution in [0.5, 0.6) is 0 Å². The third-order valence-corrected chi connectivity index (χ3v) is 2.45. The predicted octanol–water partition coefficient (Wildman–Crippen LogP) is 2.34. The number of benzene rings is 1. The highest BCUT2D eigenvalue weighted by molar-refractivity contribution is 6.30. The Balaban J connectivity index is 2.57. The molecule has 0 heterocycles. The minimum atomic E-state index is -0.337. The molecule has 15 heavy (non-hydrogen) atoms. The van der Waals surface area contributed by atoms with Crippen molar-refractivity contribution < 1.29 is 9.50 Å². The molecule has 0 fully saturated rings. The van der Waals surface area contributed by atoms with Crippen LogP contribution in [0.4, 0.5) is 4.39 Å². The van der Waals surface area contributed by atoms with E-state index in [1.54, 1.807) is 6.07 Å². The van der Waals surface area contributed by atoms with Gasteiger partial charge in [-0.15, -0.1) is 0 Å². The van der Waals surface area contributed by atoms with Gasteiger partial charge < -0.3 is 10.4 Å². The van der Waals surface area contributed by atoms with Crippen LogP contribution in [-0.2, 0) is 6.54 Å². The first-order valence-electron chi connectivity index (χ1n) is 4.95. The molecule has 1 rings (SSSR count). The predicted molar refractivity (Wildman–Crippen MR) is 59.4 cm³/mol. The highest BCUT2D eigenvalue weighted by atomic mass is 35.5. The van der Waals surface area contributed by atoms with Crippen molar-refractivity contribution >= 4 is 11.6 Å². The number of rotatable bonds is 5. The Morgan fingerprint density at radius 3 is 2.73 bits per heavy atom. The number of hydrogen-bond donors (Lipinski definition) is 2. The van der Waals surface area contributed by atoms with E-state index in [4.69, 9.17) is 16.7 Å². The zero-order chi connectivity index (χ0) is 11.3. The van der Waals surface area contributed by atoms with Crippen LogP contribution < -0.4 is 5.32 Å². The normalized spacial score (nSPS) is 12.8. The van der Waals surface area contributed by atoms with E-state index in [1.807, 2.05) is 6.92 Å². The minimum Gasteiger partial charge on any atom is -0.395 e. The second-order valence-electron chi connectivity index (χ2n) is 3.45. The molecule has 0 aliphatic heterocycles. The Labute approximate surface area is 94.1 Å². The lowest BCUT2D eigenvalue weighted by Crippen LogP contribution is -2.31. The van der Waals surface area contributed by atoms with E-state index in [0.29, 0.717) is 11.6 Å². The van der Waals surface area contributed by atoms with Gasteiger partial charge in [-0.3, -0.25) is 0 Å². The number of aliphatic hydroxyl groups is 1. The average molecular weight is 232 g/mol. The van der Waals surface area contributed by atoms with E-state index in [-0.39, 0.29) is 18.5 Å². The van der Waals surface area contributed by atoms with Gasteiger partial charge in [0.25, 0.3) is 0 Å². The average Bonchev–Trinajstić information content (AvgIpc) is 2.18. The van der Waals surface area contributed by atoms with Gasteiger partial charge in [-0.25, -0.2) is 4.39 Å². The Morgan fingerprint density at radius 2 is 2.20 bits per heavy atom. The minimum absolute atomic E-state index is 0.0482. The van der Waals surface area contributed by atoms with Crippen LogP contribution in [0.25, 0.3) is 0 Å². The third kappa shape index (κ3) is 4.16. The molecule has 0 radical (unpaired) electrons. The van der Waals surface area contributed by atoms with Crippen molar-refractivity contribution in [3.05, 3.63) is 34.6 Å². The van der Waals surface area contributed by atoms with Crippen LogP contribution in [0, 0.1) is 5.82 Å². The van der Waals surface area contributed by atoms with E-state index in [2.05, 4.69) is 5.32 Å². The van der Waals surface area contributed by atoms with Crippen molar-refractivity contribution in [3.63, 3.8) is 0 Å². The summed E-state index contributed by atoms with van der Waals surface area (Å²) in [7, 11) is 0. The fourth-order valence-corrected chi connectivity index (χ4v) is 1.56. The molecule has 2 N–H and O–H groups in total. The molecule has 2 nitrogen and oxygen atoms in total. The van der Waals surface area contributed by atoms with Gasteiger partial charge in [0.1, 0.15) is 5.82 Å². The molecule has 0 bridgehead atoms. The van der Waals surface area contributed by atoms with Crippen molar-refractivity contribution in [3.8, 4) is 0 Å². The summed E-state index contributed by atoms with van der Waals surface area (Å²) < 4.78 is 13.0. The Kier molecular flexibility index (Phi) is 5.02. The van der Waals surface area contributed by atoms with Crippen molar-refractivity contribution in [2.75, 3.05) is 6.61 Å². The highest BCUT2D eigenvalue weighted by Crippen LogP contribution is 2.14. The molecule has 0 aliphatic rings. The number of aliphatic hydroxyl groups excluding tert-OH is 1. The van der Waals surface area contributed by atoms with Gasteiger partial charge >= 0.3 is 0 Å². The summed E-state index contributed by atoms with van der Waals surface area (Å²) in [6.45, 7) is 2.57. The topological polar surface area (TPSA) is 32.3 Å². The van der Waals surface area contributed by atoms with Crippen LogP contribution in [0.15, 0.2) is 18.2 Å². The van der Waals surface area contributed by atoms with Crippen LogP contribution in [0.3, 0.4) is 0 Å². The summed E-state index contributed by atoms with van der Waals surface area (Å²) in [5.74, 6) is -0.337. The summed E-state index contributed by atoms with van der Waals surface area (Å²) in [5, 5.41) is 12.5. The zero-order valence-electron chi connectivity index (χ0n) is 8.63. The first-order chi connectivity index (χ1) is 7.15. The van der Waals surface area contributed by atoms with Crippen molar-refractivity contribution in [2.45, 2.75) is 25.9 Å². The van der Waals surface area contributed by atoms with Crippen LogP contribution >= 0.6 is 11.6 Å². The van der Waals surface area contributed by atoms with Crippen molar-refractivity contribution in [2.24, 2.45) is 0 Å². The van der Waals surface area contributed by atoms with Gasteiger partial charge in [0.05, 0.1) is 6.61 Å². The molecule has 0 saturated carbocycles. The van der Waals surface area contributed by atoms with E-state index >= 15 is 0 Å². The van der Waals surface area contributed by atoms with Gasteiger partial charge in [-0.05, 0) is 30.2 Å². The Morgan fingerprint density at radius 1 is 1.47 bits per heavy atom. The molecule has 1 atom stereocenters. The third-order valence-electron chi connectivity index (χ3n) is 2.23. The van der Waals surface area contributed by atoms with Gasteiger partial charge in [0, 0.05) is 17.6 Å². The summed E-state index contributed by atoms with van der Waals surface area (Å²) in [5.41, 5.74) is 0.784. The highest BCUT2D eigenvalue weighted by Gasteiger charge is 2.04. The SMILES string of the molecule is CC[C@@H](CO)NCc1cc(F)cc(Cl)c1. The van der Waals surface area contributed by atoms with Gasteiger partial charge in [-0.2, -0.15) is 0 Å². The van der Waals surface area contributed by atoms with Crippen LogP contribution in [0.1, 0.15) is 18.9 Å². The largest absolute Gasteiger partial charge is 0.395 e. The van der Waals surface area contributed by atoms with Gasteiger partial charge in [-0.1, -0.05) is 18.5 Å². The van der Waals surface area contributed by atoms with E-state index < -0.39 is 0 Å². The van der Waals surface area contributed by atoms with Crippen molar-refractivity contribution in [1.82, 2.24) is 5.32 Å². The second kappa shape index (κ2) is 6.05. The van der Waals surface area contributed by atoms with Crippen LogP contribution in [-0.4, -0.2) is 17.8 Å². The molecular formula is C11H15ClFNO. The smallest absolute Gasteiger partial charge is 0.125 e. The fourth-order valence-electron chi connectivity index (χ4n) is 1.31. The molecule has 0 amide bonds. The fraction of sp³-hybridized carbons (Fsp3) is 0.455. The summed E-state index contributed by atoms with van der Waals surface area (Å²) >= 11 is 5.72. The quantitative estimate of drug-likeness (QED) is 0.815. The first-order valence-corrected chi connectivity index (χ1v) is 5.32. The molecule has 0 spiro atoms. The molecule has 0 aliphatic carbocycles. The zero-order valence-corrected chi connectivity index (χ0v) is 9.39. The molecular weight excluding hydrogens is 217 g/mol. The number of halogens is 2. The van der Waals surface area contributed by atoms with Crippen LogP contribution in [0.2, 0.25) is 5.02 Å². The number of nitrogens with one attached hydrogen (secondary N) is 1. The molecule has 0 saturated heterocycles. The Bertz CT molecular complexity index is 295. The number of hydrogen-bond acceptors (Lipinski definition) is 2. The molecule has 0 aromatic heterocycles. The van der Waals surface area contributed by atoms with E-state index in [9.17, 15) is 4.39 Å². The monoisotopic (exact) mass is 231 g/mol. The molecule has 4 heteroatoms. The maximum atomic E-state index is 13.0. The summed E-state index contributed by atoms with van der Waals surface area (Å²) in [6.07, 6.45) is 0.833. The molecule has 1 aromatic carbocycles. The second-order valence-corrected chi connectivity index (χ2v) is 3.88.